The molecule has 20 heavy (non-hydrogen) atoms. The second-order valence-corrected chi connectivity index (χ2v) is 4.54. The molecule has 2 amide bonds. The summed E-state index contributed by atoms with van der Waals surface area (Å²) in [5.74, 6) is 1.37. The van der Waals surface area contributed by atoms with Gasteiger partial charge in [-0.3, -0.25) is 5.32 Å². The number of para-hydroxylation sites is 1. The Hall–Kier alpha value is -2.56. The summed E-state index contributed by atoms with van der Waals surface area (Å²) in [5, 5.41) is 5.67. The van der Waals surface area contributed by atoms with Gasteiger partial charge in [0.05, 0.1) is 12.6 Å². The third kappa shape index (κ3) is 2.71. The number of hydrogen-bond donors (Lipinski definition) is 2. The molecule has 0 aliphatic carbocycles. The number of hydrogen-bond acceptors (Lipinski definition) is 3. The normalized spacial score (nSPS) is 16.7. The number of anilines is 1. The Balaban J connectivity index is 1.68. The highest BCUT2D eigenvalue weighted by atomic mass is 16.5. The van der Waals surface area contributed by atoms with Crippen LogP contribution in [0.5, 0.6) is 5.75 Å². The Morgan fingerprint density at radius 2 is 2.05 bits per heavy atom. The van der Waals surface area contributed by atoms with Gasteiger partial charge in [0, 0.05) is 18.2 Å². The predicted octanol–water partition coefficient (Wildman–Crippen LogP) is 2.73. The summed E-state index contributed by atoms with van der Waals surface area (Å²) in [6, 6.07) is 12.8. The first kappa shape index (κ1) is 12.5. The zero-order valence-electron chi connectivity index (χ0n) is 10.9. The van der Waals surface area contributed by atoms with Gasteiger partial charge in [0.25, 0.3) is 0 Å². The molecule has 2 heterocycles. The van der Waals surface area contributed by atoms with Gasteiger partial charge in [0.2, 0.25) is 0 Å². The molecular formula is C15H15N3O2. The van der Waals surface area contributed by atoms with Crippen molar-refractivity contribution in [3.8, 4) is 5.75 Å². The molecule has 2 N–H and O–H groups in total. The molecule has 3 rings (SSSR count). The van der Waals surface area contributed by atoms with Crippen LogP contribution in [0.4, 0.5) is 10.6 Å². The Morgan fingerprint density at radius 3 is 2.90 bits per heavy atom. The standard InChI is InChI=1S/C15H15N3O2/c19-15(18-14-7-3-4-9-16-14)17-12-8-10-20-13-6-2-1-5-11(12)13/h1-7,9,12H,8,10H2,(H2,16,17,18,19)/t12-/m1/s1. The Kier molecular flexibility index (Phi) is 3.50. The topological polar surface area (TPSA) is 63.2 Å². The van der Waals surface area contributed by atoms with Crippen molar-refractivity contribution in [2.24, 2.45) is 0 Å². The fraction of sp³-hybridized carbons (Fsp3) is 0.200. The van der Waals surface area contributed by atoms with Crippen LogP contribution in [0.1, 0.15) is 18.0 Å². The molecule has 102 valence electrons. The number of benzene rings is 1. The molecule has 0 unspecified atom stereocenters. The highest BCUT2D eigenvalue weighted by Crippen LogP contribution is 2.31. The largest absolute Gasteiger partial charge is 0.493 e. The Bertz CT molecular complexity index is 601. The van der Waals surface area contributed by atoms with Crippen LogP contribution in [0, 0.1) is 0 Å². The summed E-state index contributed by atoms with van der Waals surface area (Å²) in [5.41, 5.74) is 1.01. The van der Waals surface area contributed by atoms with Crippen LogP contribution in [-0.2, 0) is 0 Å². The van der Waals surface area contributed by atoms with E-state index in [-0.39, 0.29) is 12.1 Å². The van der Waals surface area contributed by atoms with E-state index in [0.717, 1.165) is 17.7 Å². The Labute approximate surface area is 117 Å². The van der Waals surface area contributed by atoms with E-state index < -0.39 is 0 Å². The van der Waals surface area contributed by atoms with Gasteiger partial charge in [0.15, 0.2) is 0 Å². The van der Waals surface area contributed by atoms with Crippen molar-refractivity contribution < 1.29 is 9.53 Å². The van der Waals surface area contributed by atoms with Crippen LogP contribution in [0.3, 0.4) is 0 Å². The van der Waals surface area contributed by atoms with Crippen molar-refractivity contribution in [2.45, 2.75) is 12.5 Å². The van der Waals surface area contributed by atoms with E-state index in [4.69, 9.17) is 4.74 Å². The number of carbonyl (C=O) groups is 1. The highest BCUT2D eigenvalue weighted by Gasteiger charge is 2.22. The zero-order valence-corrected chi connectivity index (χ0v) is 10.9. The van der Waals surface area contributed by atoms with Gasteiger partial charge in [-0.15, -0.1) is 0 Å². The Morgan fingerprint density at radius 1 is 1.20 bits per heavy atom. The summed E-state index contributed by atoms with van der Waals surface area (Å²) in [7, 11) is 0. The second kappa shape index (κ2) is 5.61. The molecule has 0 bridgehead atoms. The maximum absolute atomic E-state index is 12.0. The van der Waals surface area contributed by atoms with Gasteiger partial charge < -0.3 is 10.1 Å². The number of rotatable bonds is 2. The summed E-state index contributed by atoms with van der Waals surface area (Å²) in [6.07, 6.45) is 2.39. The number of pyridine rings is 1. The quantitative estimate of drug-likeness (QED) is 0.881. The third-order valence-electron chi connectivity index (χ3n) is 3.17. The second-order valence-electron chi connectivity index (χ2n) is 4.54. The lowest BCUT2D eigenvalue weighted by Gasteiger charge is -2.26. The van der Waals surface area contributed by atoms with Gasteiger partial charge in [-0.1, -0.05) is 24.3 Å². The van der Waals surface area contributed by atoms with Crippen LogP contribution in [0.25, 0.3) is 0 Å². The van der Waals surface area contributed by atoms with Crippen LogP contribution < -0.4 is 15.4 Å². The van der Waals surface area contributed by atoms with E-state index in [2.05, 4.69) is 15.6 Å². The van der Waals surface area contributed by atoms with Crippen molar-refractivity contribution in [3.05, 3.63) is 54.2 Å². The molecule has 1 aliphatic heterocycles. The number of urea groups is 1. The third-order valence-corrected chi connectivity index (χ3v) is 3.17. The molecule has 0 radical (unpaired) electrons. The first-order chi connectivity index (χ1) is 9.83. The van der Waals surface area contributed by atoms with Gasteiger partial charge in [-0.25, -0.2) is 9.78 Å². The van der Waals surface area contributed by atoms with Crippen molar-refractivity contribution >= 4 is 11.8 Å². The van der Waals surface area contributed by atoms with Crippen molar-refractivity contribution in [2.75, 3.05) is 11.9 Å². The van der Waals surface area contributed by atoms with E-state index >= 15 is 0 Å². The van der Waals surface area contributed by atoms with Crippen LogP contribution in [0.15, 0.2) is 48.7 Å². The van der Waals surface area contributed by atoms with Crippen LogP contribution in [-0.4, -0.2) is 17.6 Å². The molecule has 2 aromatic rings. The zero-order chi connectivity index (χ0) is 13.8. The SMILES string of the molecule is O=C(Nc1ccccn1)N[C@@H]1CCOc2ccccc21. The summed E-state index contributed by atoms with van der Waals surface area (Å²) >= 11 is 0. The average Bonchev–Trinajstić information content (AvgIpc) is 2.48. The van der Waals surface area contributed by atoms with Crippen molar-refractivity contribution in [1.29, 1.82) is 0 Å². The molecule has 1 aliphatic rings. The lowest BCUT2D eigenvalue weighted by Crippen LogP contribution is -2.35. The monoisotopic (exact) mass is 269 g/mol. The molecule has 5 heteroatoms. The molecule has 1 aromatic heterocycles. The maximum atomic E-state index is 12.0. The van der Waals surface area contributed by atoms with E-state index in [9.17, 15) is 4.79 Å². The summed E-state index contributed by atoms with van der Waals surface area (Å²) < 4.78 is 5.57. The van der Waals surface area contributed by atoms with Crippen LogP contribution >= 0.6 is 0 Å². The fourth-order valence-electron chi connectivity index (χ4n) is 2.24. The average molecular weight is 269 g/mol. The number of amides is 2. The lowest BCUT2D eigenvalue weighted by atomic mass is 10.0. The fourth-order valence-corrected chi connectivity index (χ4v) is 2.24. The summed E-state index contributed by atoms with van der Waals surface area (Å²) in [4.78, 5) is 16.0. The molecule has 0 saturated carbocycles. The smallest absolute Gasteiger partial charge is 0.320 e. The van der Waals surface area contributed by atoms with E-state index in [0.29, 0.717) is 12.4 Å². The number of nitrogens with zero attached hydrogens (tertiary/aromatic N) is 1. The number of carbonyl (C=O) groups excluding carboxylic acids is 1. The van der Waals surface area contributed by atoms with Gasteiger partial charge in [0.1, 0.15) is 11.6 Å². The molecule has 5 nitrogen and oxygen atoms in total. The van der Waals surface area contributed by atoms with Crippen molar-refractivity contribution in [3.63, 3.8) is 0 Å². The molecular weight excluding hydrogens is 254 g/mol. The number of fused-ring (bicyclic) bond motifs is 1. The predicted molar refractivity (Wildman–Crippen MR) is 75.7 cm³/mol. The minimum atomic E-state index is -0.259. The lowest BCUT2D eigenvalue weighted by molar-refractivity contribution is 0.232. The van der Waals surface area contributed by atoms with E-state index in [1.807, 2.05) is 30.3 Å². The highest BCUT2D eigenvalue weighted by molar-refractivity contribution is 5.88. The van der Waals surface area contributed by atoms with Crippen LogP contribution in [0.2, 0.25) is 0 Å². The molecule has 1 atom stereocenters. The molecule has 0 fully saturated rings. The summed E-state index contributed by atoms with van der Waals surface area (Å²) in [6.45, 7) is 0.603. The number of aromatic nitrogens is 1. The van der Waals surface area contributed by atoms with E-state index in [1.54, 1.807) is 18.3 Å². The number of nitrogens with one attached hydrogen (secondary N) is 2. The molecule has 0 spiro atoms. The first-order valence-electron chi connectivity index (χ1n) is 6.53. The van der Waals surface area contributed by atoms with Crippen molar-refractivity contribution in [1.82, 2.24) is 10.3 Å². The van der Waals surface area contributed by atoms with Gasteiger partial charge in [-0.05, 0) is 18.2 Å². The maximum Gasteiger partial charge on any atom is 0.320 e. The minimum absolute atomic E-state index is 0.0383. The van der Waals surface area contributed by atoms with Gasteiger partial charge >= 0.3 is 6.03 Å². The molecule has 0 saturated heterocycles. The van der Waals surface area contributed by atoms with Gasteiger partial charge in [-0.2, -0.15) is 0 Å². The van der Waals surface area contributed by atoms with E-state index in [1.165, 1.54) is 0 Å². The molecule has 1 aromatic carbocycles. The first-order valence-corrected chi connectivity index (χ1v) is 6.53. The minimum Gasteiger partial charge on any atom is -0.493 e. The number of ether oxygens (including phenoxy) is 1.